The number of ether oxygens (including phenoxy) is 4. The minimum atomic E-state index is -4.64. The third-order valence-electron chi connectivity index (χ3n) is 18.5. The molecule has 1 saturated heterocycles. The molecule has 3 aliphatic heterocycles. The van der Waals surface area contributed by atoms with E-state index in [1.54, 1.807) is 74.6 Å². The number of hydrogen-bond acceptors (Lipinski definition) is 19. The van der Waals surface area contributed by atoms with Crippen molar-refractivity contribution < 1.29 is 182 Å². The number of hydrogen-bond donors (Lipinski definition) is 7. The number of aryl methyl sites for hydroxylation is 7. The molecule has 7 aromatic carbocycles. The van der Waals surface area contributed by atoms with E-state index in [1.165, 1.54) is 59.1 Å². The van der Waals surface area contributed by atoms with Crippen molar-refractivity contribution in [3.8, 4) is 0 Å². The average molecular weight is 2140 g/mol. The van der Waals surface area contributed by atoms with E-state index in [-0.39, 0.29) is 50.2 Å². The second-order valence-electron chi connectivity index (χ2n) is 28.1. The number of rotatable bonds is 15. The molecule has 3 heterocycles. The van der Waals surface area contributed by atoms with Crippen molar-refractivity contribution in [3.05, 3.63) is 219 Å². The van der Waals surface area contributed by atoms with Crippen molar-refractivity contribution in [2.24, 2.45) is 0 Å². The minimum Gasteiger partial charge on any atom is -1.00 e. The standard InChI is InChI=1S/C18H25BO6.C11H10F3IO2.C10H11BO3.C10H8F3IO2.C9H9BO4.C9H6F3IO2.C9H7F3O2.C5H11NO2.CH4.ClH/c1-11-8-13(10-23-12(2)20)15(9-14(11)16(21)22-7)19-24-17(3,4)18(5,6)25-19;1-3-6-4-8(11(12,13)14)7(5-9(6)15)10(16)17-2;1-6-3-8-5-14-11(13)10(8)4-9(6)7(2)12;1-5-3-7(10(11,12)13)6(4-8(5)14)9(15)16-2;1-5-2-6-4-14-10(13)8(6)3-7(5)9(11)12;1-4-2-6(9(10,11)12)5(8(14)15)3-7(4)13;1-5-2-3-6(8(13)14)7(4-5)9(10,11)12;6-4-2-1-3-5(7)8;;/h8-9H,10H2,1-7H3;4-5H,3H2,1-2H3;3-4,13H,5H2,1-2H3;3-4H,1-2H3;2-3,13H,4H2,1H3,(H,11,12);2-3H,1H3,(H,14,15);2-4H,1H3,(H,13,14);1-4,6H2,(H,7,8);1H4;1H. The van der Waals surface area contributed by atoms with E-state index in [0.29, 0.717) is 80.2 Å². The maximum atomic E-state index is 12.8. The molecule has 24 nitrogen and oxygen atoms in total. The number of esters is 4. The van der Waals surface area contributed by atoms with Crippen molar-refractivity contribution in [2.75, 3.05) is 27.9 Å². The lowest BCUT2D eigenvalue weighted by Crippen LogP contribution is -3.00. The Morgan fingerprint density at radius 2 is 0.832 bits per heavy atom. The molecule has 0 saturated carbocycles. The monoisotopic (exact) mass is 2140 g/mol. The molecular formula is C82H92B3ClF12I3NO23. The summed E-state index contributed by atoms with van der Waals surface area (Å²) in [6.45, 7) is 24.1. The largest absolute Gasteiger partial charge is 1.00 e. The number of Topliss-reactive ketones (excluding diaryl/α,β-unsaturated/α-hetero) is 1. The third-order valence-corrected chi connectivity index (χ3v) is 21.8. The number of aliphatic carboxylic acids is 1. The Balaban J connectivity index is 0.000000723. The fourth-order valence-electron chi connectivity index (χ4n) is 11.2. The highest BCUT2D eigenvalue weighted by Crippen LogP contribution is 2.40. The third kappa shape index (κ3) is 33.3. The molecule has 43 heteroatoms. The second kappa shape index (κ2) is 49.2. The number of benzene rings is 7. The summed E-state index contributed by atoms with van der Waals surface area (Å²) in [4.78, 5) is 98.8. The molecule has 0 atom stereocenters. The fourth-order valence-corrected chi connectivity index (χ4v) is 13.0. The van der Waals surface area contributed by atoms with Gasteiger partial charge in [-0.05, 0) is 290 Å². The van der Waals surface area contributed by atoms with Crippen LogP contribution >= 0.6 is 67.8 Å². The van der Waals surface area contributed by atoms with Gasteiger partial charge in [-0.1, -0.05) is 50.2 Å². The second-order valence-corrected chi connectivity index (χ2v) is 31.6. The molecule has 0 spiro atoms. The molecule has 1 fully saturated rings. The minimum absolute atomic E-state index is 0. The summed E-state index contributed by atoms with van der Waals surface area (Å²) >= 11 is 5.57. The molecule has 10 rings (SSSR count). The van der Waals surface area contributed by atoms with Crippen LogP contribution in [0.1, 0.15) is 226 Å². The van der Waals surface area contributed by atoms with Crippen LogP contribution in [0.5, 0.6) is 0 Å². The van der Waals surface area contributed by atoms with Gasteiger partial charge in [-0.25, -0.2) is 28.8 Å². The molecule has 0 aliphatic carbocycles. The van der Waals surface area contributed by atoms with Gasteiger partial charge in [0.15, 0.2) is 5.78 Å². The lowest BCUT2D eigenvalue weighted by molar-refractivity contribution is -0.368. The van der Waals surface area contributed by atoms with E-state index in [1.807, 2.05) is 85.9 Å². The van der Waals surface area contributed by atoms with Crippen LogP contribution in [0.4, 0.5) is 52.7 Å². The molecule has 3 aliphatic rings. The van der Waals surface area contributed by atoms with Crippen LogP contribution in [0.3, 0.4) is 0 Å². The van der Waals surface area contributed by atoms with Gasteiger partial charge in [0.1, 0.15) is 6.61 Å². The quantitative estimate of drug-likeness (QED) is 0.00953. The van der Waals surface area contributed by atoms with Crippen molar-refractivity contribution in [1.29, 1.82) is 0 Å². The molecule has 7 aromatic rings. The topological polar surface area (TPSA) is 376 Å². The fraction of sp³-hybridized carbons (Fsp3) is 0.378. The number of unbranched alkanes of at least 4 members (excludes halogenated alkanes) is 1. The molecular weight excluding hydrogens is 2040 g/mol. The molecule has 125 heavy (non-hydrogen) atoms. The SMILES string of the molecule is C.CC(=O)c1cc2c(cc1C)COB2O.CCc1cc(C(F)(F)F)c(C(=O)OC)cc1I.COC(=O)c1cc(B2OC(C)(C)C(C)(C)O2)c(COC(C)=O)cc1C.COC(=O)c1cc(I)c(C)cc1C(F)(F)F.Cc1cc(C(F)(F)F)c(C(=O)O)cc1I.Cc1cc2c(cc1C(=O)O)B(O)OC2.Cc1ccc(C(=O)O)c(C(F)(F)F)c1.[Cl-].[NH3+]CCCCC(=O)O. The van der Waals surface area contributed by atoms with Crippen LogP contribution < -0.4 is 34.5 Å². The summed E-state index contributed by atoms with van der Waals surface area (Å²) in [7, 11) is 0.924. The number of quaternary nitrogens is 1. The average Bonchev–Trinajstić information content (AvgIpc) is 1.61. The molecule has 684 valence electrons. The number of carboxylic acids is 4. The van der Waals surface area contributed by atoms with E-state index in [4.69, 9.17) is 48.5 Å². The number of alkyl halides is 12. The number of carbonyl (C=O) groups excluding carboxylic acids is 5. The van der Waals surface area contributed by atoms with Crippen LogP contribution in [-0.2, 0) is 98.1 Å². The Bertz CT molecular complexity index is 4940. The smallest absolute Gasteiger partial charge is 0.495 e. The van der Waals surface area contributed by atoms with Gasteiger partial charge in [-0.2, -0.15) is 52.7 Å². The van der Waals surface area contributed by atoms with Crippen molar-refractivity contribution in [3.63, 3.8) is 0 Å². The van der Waals surface area contributed by atoms with Gasteiger partial charge in [0.05, 0.1) is 108 Å². The Labute approximate surface area is 760 Å². The zero-order chi connectivity index (χ0) is 94.4. The first-order valence-electron chi connectivity index (χ1n) is 36.3. The normalized spacial score (nSPS) is 13.1. The van der Waals surface area contributed by atoms with E-state index < -0.39 is 144 Å². The van der Waals surface area contributed by atoms with Gasteiger partial charge in [-0.15, -0.1) is 0 Å². The summed E-state index contributed by atoms with van der Waals surface area (Å²) in [5, 5.41) is 52.9. The van der Waals surface area contributed by atoms with Crippen molar-refractivity contribution >= 4 is 159 Å². The van der Waals surface area contributed by atoms with Gasteiger partial charge in [0, 0.05) is 29.6 Å². The lowest BCUT2D eigenvalue weighted by atomic mass is 9.74. The number of halogens is 16. The van der Waals surface area contributed by atoms with Crippen LogP contribution in [-0.4, -0.2) is 144 Å². The maximum absolute atomic E-state index is 12.8. The molecule has 9 N–H and O–H groups in total. The van der Waals surface area contributed by atoms with Crippen LogP contribution in [0.15, 0.2) is 91.0 Å². The number of carbonyl (C=O) groups is 9. The highest BCUT2D eigenvalue weighted by atomic mass is 127. The Hall–Kier alpha value is -8.48. The Kier molecular flexibility index (Phi) is 45.1. The first-order chi connectivity index (χ1) is 56.6. The summed E-state index contributed by atoms with van der Waals surface area (Å²) in [6.07, 6.45) is -15.9. The van der Waals surface area contributed by atoms with Crippen LogP contribution in [0.25, 0.3) is 0 Å². The van der Waals surface area contributed by atoms with Crippen molar-refractivity contribution in [1.82, 2.24) is 0 Å². The van der Waals surface area contributed by atoms with E-state index in [9.17, 15) is 106 Å². The van der Waals surface area contributed by atoms with Gasteiger partial charge >= 0.3 is 93.8 Å². The predicted octanol–water partition coefficient (Wildman–Crippen LogP) is 12.7. The van der Waals surface area contributed by atoms with Gasteiger partial charge in [0.25, 0.3) is 0 Å². The zero-order valence-corrected chi connectivity index (χ0v) is 76.7. The van der Waals surface area contributed by atoms with E-state index in [0.717, 1.165) is 103 Å². The molecule has 0 aromatic heterocycles. The number of carboxylic acid groups (broad SMARTS) is 4. The summed E-state index contributed by atoms with van der Waals surface area (Å²) in [6, 6.07) is 19.7. The summed E-state index contributed by atoms with van der Waals surface area (Å²) in [5.74, 6) is -7.59. The number of aromatic carboxylic acids is 3. The predicted molar refractivity (Wildman–Crippen MR) is 458 cm³/mol. The van der Waals surface area contributed by atoms with Crippen LogP contribution in [0.2, 0.25) is 0 Å². The number of ketones is 1. The lowest BCUT2D eigenvalue weighted by Gasteiger charge is -2.32. The van der Waals surface area contributed by atoms with Crippen molar-refractivity contribution in [2.45, 2.75) is 179 Å². The van der Waals surface area contributed by atoms with E-state index in [2.05, 4.69) is 15.2 Å². The zero-order valence-electron chi connectivity index (χ0n) is 69.4. The highest BCUT2D eigenvalue weighted by Gasteiger charge is 2.53. The van der Waals surface area contributed by atoms with Gasteiger partial charge < -0.3 is 86.2 Å². The van der Waals surface area contributed by atoms with Gasteiger partial charge in [-0.3, -0.25) is 14.4 Å². The molecule has 0 amide bonds. The molecule has 0 radical (unpaired) electrons. The van der Waals surface area contributed by atoms with Crippen LogP contribution in [0, 0.1) is 52.3 Å². The maximum Gasteiger partial charge on any atom is 0.495 e. The summed E-state index contributed by atoms with van der Waals surface area (Å²) in [5.41, 5.74) is 6.10. The summed E-state index contributed by atoms with van der Waals surface area (Å²) < 4.78 is 193. The Morgan fingerprint density at radius 3 is 1.22 bits per heavy atom. The Morgan fingerprint density at radius 1 is 0.464 bits per heavy atom. The molecule has 0 bridgehead atoms. The van der Waals surface area contributed by atoms with Gasteiger partial charge in [0.2, 0.25) is 0 Å². The van der Waals surface area contributed by atoms with E-state index >= 15 is 0 Å². The first-order valence-corrected chi connectivity index (χ1v) is 39.6. The molecule has 0 unspecified atom stereocenters. The number of methoxy groups -OCH3 is 3. The first kappa shape index (κ1) is 115. The number of fused-ring (bicyclic) bond motifs is 2. The highest BCUT2D eigenvalue weighted by molar-refractivity contribution is 14.1.